The van der Waals surface area contributed by atoms with Crippen LogP contribution in [0, 0.1) is 0 Å². The lowest BCUT2D eigenvalue weighted by Gasteiger charge is -2.13. The molecule has 0 saturated carbocycles. The topological polar surface area (TPSA) is 39.2 Å². The number of rotatable bonds is 5. The summed E-state index contributed by atoms with van der Waals surface area (Å²) in [6, 6.07) is 10.7. The van der Waals surface area contributed by atoms with Crippen LogP contribution < -0.4 is 4.74 Å². The monoisotopic (exact) mass is 353 g/mol. The van der Waals surface area contributed by atoms with Gasteiger partial charge in [-0.05, 0) is 53.2 Å². The number of nitrogens with zero attached hydrogens (tertiary/aromatic N) is 1. The zero-order chi connectivity index (χ0) is 14.5. The smallest absolute Gasteiger partial charge is 0.178 e. The Morgan fingerprint density at radius 1 is 1.40 bits per heavy atom. The molecule has 2 rings (SSSR count). The van der Waals surface area contributed by atoms with Crippen molar-refractivity contribution in [1.82, 2.24) is 4.98 Å². The van der Waals surface area contributed by atoms with Crippen LogP contribution in [0.25, 0.3) is 0 Å². The number of hydrogen-bond donors (Lipinski definition) is 0. The second kappa shape index (κ2) is 6.86. The van der Waals surface area contributed by atoms with Crippen LogP contribution in [0.4, 0.5) is 0 Å². The minimum absolute atomic E-state index is 0.0280. The molecule has 0 aliphatic rings. The summed E-state index contributed by atoms with van der Waals surface area (Å²) in [5.41, 5.74) is 0.722. The zero-order valence-electron chi connectivity index (χ0n) is 10.8. The van der Waals surface area contributed by atoms with E-state index in [1.165, 1.54) is 0 Å². The molecule has 0 aliphatic heterocycles. The highest BCUT2D eigenvalue weighted by atomic mass is 79.9. The molecule has 0 bridgehead atoms. The van der Waals surface area contributed by atoms with Crippen molar-refractivity contribution in [3.63, 3.8) is 0 Å². The van der Waals surface area contributed by atoms with Crippen molar-refractivity contribution >= 4 is 33.3 Å². The Labute approximate surface area is 131 Å². The Bertz CT molecular complexity index is 601. The molecule has 0 spiro atoms. The van der Waals surface area contributed by atoms with Gasteiger partial charge in [-0.2, -0.15) is 0 Å². The van der Waals surface area contributed by atoms with Crippen molar-refractivity contribution in [3.8, 4) is 5.75 Å². The molecule has 1 heterocycles. The maximum Gasteiger partial charge on any atom is 0.178 e. The normalized spacial score (nSPS) is 11.9. The van der Waals surface area contributed by atoms with Crippen LogP contribution in [0.15, 0.2) is 47.1 Å². The van der Waals surface area contributed by atoms with Gasteiger partial charge in [-0.3, -0.25) is 9.78 Å². The molecule has 20 heavy (non-hydrogen) atoms. The molecule has 1 atom stereocenters. The largest absolute Gasteiger partial charge is 0.483 e. The number of benzene rings is 1. The van der Waals surface area contributed by atoms with E-state index < -0.39 is 6.10 Å². The van der Waals surface area contributed by atoms with Crippen molar-refractivity contribution in [3.05, 3.63) is 57.8 Å². The molecule has 0 saturated heterocycles. The van der Waals surface area contributed by atoms with Crippen LogP contribution in [-0.4, -0.2) is 16.9 Å². The summed E-state index contributed by atoms with van der Waals surface area (Å²) in [4.78, 5) is 16.3. The van der Waals surface area contributed by atoms with Crippen molar-refractivity contribution in [2.45, 2.75) is 19.4 Å². The van der Waals surface area contributed by atoms with Gasteiger partial charge < -0.3 is 4.74 Å². The Kier molecular flexibility index (Phi) is 5.15. The number of Topliss-reactive ketones (excluding diaryl/α,β-unsaturated/α-hetero) is 1. The number of carbonyl (C=O) groups excluding carboxylic acids is 1. The van der Waals surface area contributed by atoms with Crippen LogP contribution in [-0.2, 0) is 11.2 Å². The molecule has 0 N–H and O–H groups in total. The Morgan fingerprint density at radius 2 is 2.20 bits per heavy atom. The summed E-state index contributed by atoms with van der Waals surface area (Å²) < 4.78 is 6.47. The van der Waals surface area contributed by atoms with Gasteiger partial charge in [0.25, 0.3) is 0 Å². The standard InChI is InChI=1S/C15H13BrClNO2/c1-10(20-14-4-2-3-12(17)7-14)15(19)8-13-6-5-11(16)9-18-13/h2-7,9-10H,8H2,1H3. The summed E-state index contributed by atoms with van der Waals surface area (Å²) in [6.45, 7) is 1.72. The van der Waals surface area contributed by atoms with E-state index in [2.05, 4.69) is 20.9 Å². The van der Waals surface area contributed by atoms with E-state index in [4.69, 9.17) is 16.3 Å². The van der Waals surface area contributed by atoms with Gasteiger partial charge in [-0.25, -0.2) is 0 Å². The second-order valence-corrected chi connectivity index (χ2v) is 5.68. The van der Waals surface area contributed by atoms with E-state index in [9.17, 15) is 4.79 Å². The summed E-state index contributed by atoms with van der Waals surface area (Å²) in [5.74, 6) is 0.557. The number of halogens is 2. The summed E-state index contributed by atoms with van der Waals surface area (Å²) in [6.07, 6.45) is 1.37. The predicted molar refractivity (Wildman–Crippen MR) is 82.2 cm³/mol. The molecule has 1 aromatic heterocycles. The molecule has 0 fully saturated rings. The van der Waals surface area contributed by atoms with Gasteiger partial charge in [-0.15, -0.1) is 0 Å². The third-order valence-electron chi connectivity index (χ3n) is 2.71. The fourth-order valence-electron chi connectivity index (χ4n) is 1.64. The van der Waals surface area contributed by atoms with Crippen LogP contribution in [0.5, 0.6) is 5.75 Å². The quantitative estimate of drug-likeness (QED) is 0.812. The molecular weight excluding hydrogens is 342 g/mol. The van der Waals surface area contributed by atoms with Crippen molar-refractivity contribution < 1.29 is 9.53 Å². The predicted octanol–water partition coefficient (Wildman–Crippen LogP) is 4.08. The SMILES string of the molecule is CC(Oc1cccc(Cl)c1)C(=O)Cc1ccc(Br)cn1. The first-order valence-corrected chi connectivity index (χ1v) is 7.27. The molecular formula is C15H13BrClNO2. The molecule has 1 unspecified atom stereocenters. The first kappa shape index (κ1) is 15.0. The molecule has 0 amide bonds. The minimum Gasteiger partial charge on any atom is -0.483 e. The van der Waals surface area contributed by atoms with Gasteiger partial charge in [0.1, 0.15) is 5.75 Å². The maximum absolute atomic E-state index is 12.1. The Morgan fingerprint density at radius 3 is 2.85 bits per heavy atom. The first-order valence-electron chi connectivity index (χ1n) is 6.10. The van der Waals surface area contributed by atoms with Gasteiger partial charge in [-0.1, -0.05) is 17.7 Å². The molecule has 5 heteroatoms. The summed E-state index contributed by atoms with van der Waals surface area (Å²) >= 11 is 9.18. The lowest BCUT2D eigenvalue weighted by Crippen LogP contribution is -2.25. The van der Waals surface area contributed by atoms with Gasteiger partial charge in [0.2, 0.25) is 0 Å². The Hall–Kier alpha value is -1.39. The Balaban J connectivity index is 1.96. The number of hydrogen-bond acceptors (Lipinski definition) is 3. The van der Waals surface area contributed by atoms with Crippen LogP contribution >= 0.6 is 27.5 Å². The minimum atomic E-state index is -0.543. The third-order valence-corrected chi connectivity index (χ3v) is 3.41. The maximum atomic E-state index is 12.1. The molecule has 2 aromatic rings. The second-order valence-electron chi connectivity index (χ2n) is 4.33. The van der Waals surface area contributed by atoms with E-state index in [1.807, 2.05) is 12.1 Å². The van der Waals surface area contributed by atoms with Gasteiger partial charge in [0, 0.05) is 21.4 Å². The fourth-order valence-corrected chi connectivity index (χ4v) is 2.06. The first-order chi connectivity index (χ1) is 9.54. The highest BCUT2D eigenvalue weighted by Gasteiger charge is 2.16. The zero-order valence-corrected chi connectivity index (χ0v) is 13.2. The van der Waals surface area contributed by atoms with Gasteiger partial charge in [0.05, 0.1) is 6.42 Å². The average Bonchev–Trinajstić information content (AvgIpc) is 2.41. The summed E-state index contributed by atoms with van der Waals surface area (Å²) in [7, 11) is 0. The number of carbonyl (C=O) groups is 1. The van der Waals surface area contributed by atoms with Crippen molar-refractivity contribution in [1.29, 1.82) is 0 Å². The van der Waals surface area contributed by atoms with Crippen LogP contribution in [0.3, 0.4) is 0 Å². The van der Waals surface area contributed by atoms with Crippen molar-refractivity contribution in [2.75, 3.05) is 0 Å². The van der Waals surface area contributed by atoms with Gasteiger partial charge >= 0.3 is 0 Å². The van der Waals surface area contributed by atoms with Gasteiger partial charge in [0.15, 0.2) is 11.9 Å². The molecule has 104 valence electrons. The molecule has 0 radical (unpaired) electrons. The van der Waals surface area contributed by atoms with E-state index in [1.54, 1.807) is 37.4 Å². The number of ketones is 1. The highest BCUT2D eigenvalue weighted by molar-refractivity contribution is 9.10. The lowest BCUT2D eigenvalue weighted by molar-refractivity contribution is -0.124. The molecule has 3 nitrogen and oxygen atoms in total. The highest BCUT2D eigenvalue weighted by Crippen LogP contribution is 2.19. The number of pyridine rings is 1. The number of ether oxygens (including phenoxy) is 1. The van der Waals surface area contributed by atoms with E-state index in [0.717, 1.165) is 10.2 Å². The average molecular weight is 355 g/mol. The van der Waals surface area contributed by atoms with Crippen LogP contribution in [0.2, 0.25) is 5.02 Å². The van der Waals surface area contributed by atoms with Crippen LogP contribution in [0.1, 0.15) is 12.6 Å². The van der Waals surface area contributed by atoms with E-state index in [-0.39, 0.29) is 12.2 Å². The number of aromatic nitrogens is 1. The van der Waals surface area contributed by atoms with Crippen molar-refractivity contribution in [2.24, 2.45) is 0 Å². The molecule has 0 aliphatic carbocycles. The summed E-state index contributed by atoms with van der Waals surface area (Å²) in [5, 5.41) is 0.580. The third kappa shape index (κ3) is 4.32. The lowest BCUT2D eigenvalue weighted by atomic mass is 10.1. The molecule has 1 aromatic carbocycles. The van der Waals surface area contributed by atoms with E-state index in [0.29, 0.717) is 10.8 Å². The van der Waals surface area contributed by atoms with E-state index >= 15 is 0 Å². The fraction of sp³-hybridized carbons (Fsp3) is 0.200.